The largest absolute Gasteiger partial charge is 0.392 e. The molecule has 1 atom stereocenters. The van der Waals surface area contributed by atoms with Gasteiger partial charge in [0.1, 0.15) is 5.01 Å². The van der Waals surface area contributed by atoms with Crippen LogP contribution in [0.25, 0.3) is 0 Å². The van der Waals surface area contributed by atoms with E-state index in [-0.39, 0.29) is 11.9 Å². The van der Waals surface area contributed by atoms with E-state index in [0.29, 0.717) is 4.99 Å². The molecule has 0 aliphatic heterocycles. The molecule has 1 aromatic rings. The molecule has 0 spiro atoms. The summed E-state index contributed by atoms with van der Waals surface area (Å²) in [6.45, 7) is 2.04. The zero-order valence-electron chi connectivity index (χ0n) is 11.7. The monoisotopic (exact) mass is 311 g/mol. The Kier molecular flexibility index (Phi) is 5.10. The Bertz CT molecular complexity index is 467. The number of nitrogens with two attached hydrogens (primary N) is 1. The maximum atomic E-state index is 12.7. The zero-order chi connectivity index (χ0) is 14.6. The van der Waals surface area contributed by atoms with Gasteiger partial charge in [0.05, 0.1) is 16.4 Å². The van der Waals surface area contributed by atoms with Crippen LogP contribution in [0.1, 0.15) is 56.5 Å². The van der Waals surface area contributed by atoms with Gasteiger partial charge in [0.2, 0.25) is 5.91 Å². The number of nitrogens with one attached hydrogen (secondary N) is 1. The predicted octanol–water partition coefficient (Wildman–Crippen LogP) is 2.95. The summed E-state index contributed by atoms with van der Waals surface area (Å²) in [5.41, 5.74) is 5.24. The Hall–Kier alpha value is -1.01. The standard InChI is InChI=1S/C14H21N3OS2/c1-2-10(11-16-8-9-20-11)17-13(18)14(12(15)19)6-4-3-5-7-14/h8-10H,2-7H2,1H3,(H2,15,19)(H,17,18). The van der Waals surface area contributed by atoms with Crippen molar-refractivity contribution < 1.29 is 4.79 Å². The molecule has 110 valence electrons. The fraction of sp³-hybridized carbons (Fsp3) is 0.643. The molecule has 1 aliphatic rings. The fourth-order valence-corrected chi connectivity index (χ4v) is 3.85. The Morgan fingerprint density at radius 1 is 1.55 bits per heavy atom. The van der Waals surface area contributed by atoms with Gasteiger partial charge in [-0.05, 0) is 19.3 Å². The number of thiocarbonyl (C=S) groups is 1. The molecule has 1 fully saturated rings. The van der Waals surface area contributed by atoms with Gasteiger partial charge >= 0.3 is 0 Å². The minimum atomic E-state index is -0.655. The van der Waals surface area contributed by atoms with Crippen LogP contribution in [0.3, 0.4) is 0 Å². The maximum Gasteiger partial charge on any atom is 0.233 e. The lowest BCUT2D eigenvalue weighted by Crippen LogP contribution is -2.50. The average Bonchev–Trinajstić information content (AvgIpc) is 2.99. The van der Waals surface area contributed by atoms with Crippen LogP contribution in [0.5, 0.6) is 0 Å². The number of rotatable bonds is 5. The number of carbonyl (C=O) groups excluding carboxylic acids is 1. The van der Waals surface area contributed by atoms with Gasteiger partial charge < -0.3 is 11.1 Å². The van der Waals surface area contributed by atoms with Gasteiger partial charge in [0.25, 0.3) is 0 Å². The van der Waals surface area contributed by atoms with Crippen molar-refractivity contribution in [1.29, 1.82) is 0 Å². The molecule has 20 heavy (non-hydrogen) atoms. The number of nitrogens with zero attached hydrogens (tertiary/aromatic N) is 1. The van der Waals surface area contributed by atoms with E-state index in [4.69, 9.17) is 18.0 Å². The number of thiazole rings is 1. The third-order valence-corrected chi connectivity index (χ3v) is 5.36. The van der Waals surface area contributed by atoms with Crippen molar-refractivity contribution in [1.82, 2.24) is 10.3 Å². The van der Waals surface area contributed by atoms with Crippen molar-refractivity contribution in [2.45, 2.75) is 51.5 Å². The van der Waals surface area contributed by atoms with E-state index in [2.05, 4.69) is 10.3 Å². The first kappa shape index (κ1) is 15.4. The van der Waals surface area contributed by atoms with E-state index in [9.17, 15) is 4.79 Å². The minimum absolute atomic E-state index is 0.0215. The molecule has 1 amide bonds. The molecule has 4 nitrogen and oxygen atoms in total. The lowest BCUT2D eigenvalue weighted by atomic mass is 9.73. The summed E-state index contributed by atoms with van der Waals surface area (Å²) in [4.78, 5) is 17.4. The highest BCUT2D eigenvalue weighted by atomic mass is 32.1. The third-order valence-electron chi connectivity index (χ3n) is 4.08. The Morgan fingerprint density at radius 3 is 2.75 bits per heavy atom. The zero-order valence-corrected chi connectivity index (χ0v) is 13.4. The van der Waals surface area contributed by atoms with Crippen LogP contribution in [0.15, 0.2) is 11.6 Å². The van der Waals surface area contributed by atoms with Crippen LogP contribution < -0.4 is 11.1 Å². The van der Waals surface area contributed by atoms with E-state index >= 15 is 0 Å². The maximum absolute atomic E-state index is 12.7. The van der Waals surface area contributed by atoms with E-state index in [1.165, 1.54) is 0 Å². The minimum Gasteiger partial charge on any atom is -0.392 e. The van der Waals surface area contributed by atoms with Crippen molar-refractivity contribution in [3.63, 3.8) is 0 Å². The van der Waals surface area contributed by atoms with E-state index in [0.717, 1.165) is 43.5 Å². The second kappa shape index (κ2) is 6.63. The highest BCUT2D eigenvalue weighted by Crippen LogP contribution is 2.37. The Morgan fingerprint density at radius 2 is 2.25 bits per heavy atom. The number of amides is 1. The van der Waals surface area contributed by atoms with Crippen LogP contribution in [-0.4, -0.2) is 15.9 Å². The second-order valence-corrected chi connectivity index (χ2v) is 6.68. The molecule has 0 aromatic carbocycles. The van der Waals surface area contributed by atoms with E-state index in [1.807, 2.05) is 12.3 Å². The lowest BCUT2D eigenvalue weighted by molar-refractivity contribution is -0.129. The van der Waals surface area contributed by atoms with E-state index < -0.39 is 5.41 Å². The fourth-order valence-electron chi connectivity index (χ4n) is 2.78. The molecule has 2 rings (SSSR count). The van der Waals surface area contributed by atoms with Crippen LogP contribution >= 0.6 is 23.6 Å². The topological polar surface area (TPSA) is 68.0 Å². The summed E-state index contributed by atoms with van der Waals surface area (Å²) in [6, 6.07) is -0.0457. The van der Waals surface area contributed by atoms with Crippen molar-refractivity contribution in [2.75, 3.05) is 0 Å². The first-order valence-electron chi connectivity index (χ1n) is 7.10. The predicted molar refractivity (Wildman–Crippen MR) is 85.6 cm³/mol. The van der Waals surface area contributed by atoms with Crippen LogP contribution in [-0.2, 0) is 4.79 Å². The first-order chi connectivity index (χ1) is 9.60. The van der Waals surface area contributed by atoms with Crippen molar-refractivity contribution >= 4 is 34.5 Å². The van der Waals surface area contributed by atoms with Gasteiger partial charge in [0, 0.05) is 11.6 Å². The molecule has 1 heterocycles. The third kappa shape index (κ3) is 3.01. The second-order valence-electron chi connectivity index (χ2n) is 5.31. The summed E-state index contributed by atoms with van der Waals surface area (Å²) >= 11 is 6.76. The van der Waals surface area contributed by atoms with Crippen molar-refractivity contribution in [2.24, 2.45) is 11.1 Å². The summed E-state index contributed by atoms with van der Waals surface area (Å²) in [6.07, 6.45) is 7.29. The number of hydrogen-bond donors (Lipinski definition) is 2. The van der Waals surface area contributed by atoms with Crippen molar-refractivity contribution in [3.05, 3.63) is 16.6 Å². The van der Waals surface area contributed by atoms with Gasteiger partial charge in [-0.25, -0.2) is 4.98 Å². The first-order valence-corrected chi connectivity index (χ1v) is 8.39. The molecule has 1 saturated carbocycles. The van der Waals surface area contributed by atoms with Gasteiger partial charge in [-0.1, -0.05) is 38.4 Å². The highest BCUT2D eigenvalue weighted by Gasteiger charge is 2.43. The van der Waals surface area contributed by atoms with E-state index in [1.54, 1.807) is 17.5 Å². The average molecular weight is 311 g/mol. The quantitative estimate of drug-likeness (QED) is 0.820. The number of aromatic nitrogens is 1. The highest BCUT2D eigenvalue weighted by molar-refractivity contribution is 7.80. The molecule has 3 N–H and O–H groups in total. The van der Waals surface area contributed by atoms with Gasteiger partial charge in [-0.15, -0.1) is 11.3 Å². The normalized spacial score (nSPS) is 19.2. The molecule has 1 aliphatic carbocycles. The smallest absolute Gasteiger partial charge is 0.233 e. The van der Waals surface area contributed by atoms with Gasteiger partial charge in [0.15, 0.2) is 0 Å². The Labute approximate surface area is 129 Å². The molecule has 0 bridgehead atoms. The summed E-state index contributed by atoms with van der Waals surface area (Å²) in [5, 5.41) is 5.97. The lowest BCUT2D eigenvalue weighted by Gasteiger charge is -2.35. The number of carbonyl (C=O) groups is 1. The molecule has 0 radical (unpaired) electrons. The van der Waals surface area contributed by atoms with Gasteiger partial charge in [-0.2, -0.15) is 0 Å². The molecule has 1 aromatic heterocycles. The van der Waals surface area contributed by atoms with Gasteiger partial charge in [-0.3, -0.25) is 4.79 Å². The molecule has 0 saturated heterocycles. The Balaban J connectivity index is 2.14. The SMILES string of the molecule is CCC(NC(=O)C1(C(N)=S)CCCCC1)c1nccs1. The molecular formula is C14H21N3OS2. The van der Waals surface area contributed by atoms with Crippen molar-refractivity contribution in [3.8, 4) is 0 Å². The molecular weight excluding hydrogens is 290 g/mol. The summed E-state index contributed by atoms with van der Waals surface area (Å²) < 4.78 is 0. The van der Waals surface area contributed by atoms with Crippen LogP contribution in [0.2, 0.25) is 0 Å². The molecule has 1 unspecified atom stereocenters. The summed E-state index contributed by atoms with van der Waals surface area (Å²) in [7, 11) is 0. The van der Waals surface area contributed by atoms with Crippen LogP contribution in [0, 0.1) is 5.41 Å². The molecule has 6 heteroatoms. The summed E-state index contributed by atoms with van der Waals surface area (Å²) in [5.74, 6) is -0.0215. The number of hydrogen-bond acceptors (Lipinski definition) is 4. The van der Waals surface area contributed by atoms with Crippen LogP contribution in [0.4, 0.5) is 0 Å².